The molecule has 1 heterocycles. The van der Waals surface area contributed by atoms with Crippen molar-refractivity contribution in [2.45, 2.75) is 13.0 Å². The Labute approximate surface area is 160 Å². The molecular formula is C18H29ClN4OS. The van der Waals surface area contributed by atoms with Crippen molar-refractivity contribution >= 4 is 29.3 Å². The molecule has 1 aromatic carbocycles. The number of thioether (sulfide) groups is 1. The lowest BCUT2D eigenvalue weighted by Gasteiger charge is -2.34. The molecule has 5 nitrogen and oxygen atoms in total. The van der Waals surface area contributed by atoms with Crippen LogP contribution in [0.25, 0.3) is 0 Å². The Kier molecular flexibility index (Phi) is 9.47. The Morgan fingerprint density at radius 2 is 2.00 bits per heavy atom. The molecule has 2 rings (SSSR count). The number of nitrogens with one attached hydrogen (secondary N) is 2. The highest BCUT2D eigenvalue weighted by Gasteiger charge is 2.22. The summed E-state index contributed by atoms with van der Waals surface area (Å²) in [6.45, 7) is 7.98. The van der Waals surface area contributed by atoms with E-state index in [1.54, 1.807) is 0 Å². The number of aliphatic imine (C=N–C) groups is 1. The average Bonchev–Trinajstić information content (AvgIpc) is 2.64. The van der Waals surface area contributed by atoms with Gasteiger partial charge in [0, 0.05) is 37.0 Å². The number of nitrogens with zero attached hydrogens (tertiary/aromatic N) is 2. The molecule has 1 aliphatic heterocycles. The number of halogens is 1. The second-order valence-electron chi connectivity index (χ2n) is 5.85. The zero-order valence-electron chi connectivity index (χ0n) is 15.1. The maximum Gasteiger partial charge on any atom is 0.191 e. The fourth-order valence-electron chi connectivity index (χ4n) is 2.80. The molecule has 0 radical (unpaired) electrons. The highest BCUT2D eigenvalue weighted by molar-refractivity contribution is 7.98. The molecule has 0 saturated carbocycles. The number of benzene rings is 1. The molecule has 0 aliphatic carbocycles. The Morgan fingerprint density at radius 3 is 2.64 bits per heavy atom. The number of ether oxygens (including phenoxy) is 1. The summed E-state index contributed by atoms with van der Waals surface area (Å²) in [5.41, 5.74) is 1.25. The van der Waals surface area contributed by atoms with Gasteiger partial charge in [0.25, 0.3) is 0 Å². The molecule has 0 amide bonds. The molecule has 1 aromatic rings. The normalized spacial score (nSPS) is 17.3. The second kappa shape index (κ2) is 11.6. The van der Waals surface area contributed by atoms with Gasteiger partial charge in [0.2, 0.25) is 0 Å². The fourth-order valence-corrected chi connectivity index (χ4v) is 3.23. The van der Waals surface area contributed by atoms with Crippen LogP contribution in [-0.2, 0) is 4.74 Å². The minimum Gasteiger partial charge on any atom is -0.379 e. The van der Waals surface area contributed by atoms with Crippen molar-refractivity contribution in [3.8, 4) is 0 Å². The number of guanidine groups is 1. The van der Waals surface area contributed by atoms with Crippen molar-refractivity contribution in [2.75, 3.05) is 57.9 Å². The number of rotatable bonds is 8. The van der Waals surface area contributed by atoms with E-state index in [9.17, 15) is 0 Å². The van der Waals surface area contributed by atoms with Crippen LogP contribution in [0.4, 0.5) is 0 Å². The molecule has 140 valence electrons. The van der Waals surface area contributed by atoms with Gasteiger partial charge < -0.3 is 15.4 Å². The third kappa shape index (κ3) is 7.05. The fraction of sp³-hybridized carbons (Fsp3) is 0.611. The molecule has 0 spiro atoms. The Bertz CT molecular complexity index is 520. The van der Waals surface area contributed by atoms with E-state index in [1.807, 2.05) is 23.9 Å². The molecule has 7 heteroatoms. The Morgan fingerprint density at radius 1 is 1.28 bits per heavy atom. The molecule has 1 aliphatic rings. The smallest absolute Gasteiger partial charge is 0.191 e. The largest absolute Gasteiger partial charge is 0.379 e. The van der Waals surface area contributed by atoms with Crippen LogP contribution >= 0.6 is 23.4 Å². The van der Waals surface area contributed by atoms with Gasteiger partial charge >= 0.3 is 0 Å². The zero-order valence-corrected chi connectivity index (χ0v) is 16.7. The summed E-state index contributed by atoms with van der Waals surface area (Å²) >= 11 is 7.89. The number of hydrogen-bond donors (Lipinski definition) is 2. The Hall–Kier alpha value is -0.950. The molecule has 1 unspecified atom stereocenters. The van der Waals surface area contributed by atoms with E-state index in [-0.39, 0.29) is 6.04 Å². The van der Waals surface area contributed by atoms with E-state index in [0.29, 0.717) is 6.54 Å². The summed E-state index contributed by atoms with van der Waals surface area (Å²) in [6.07, 6.45) is 2.11. The van der Waals surface area contributed by atoms with Gasteiger partial charge in [-0.3, -0.25) is 9.89 Å². The van der Waals surface area contributed by atoms with Crippen LogP contribution in [-0.4, -0.2) is 68.8 Å². The van der Waals surface area contributed by atoms with Crippen LogP contribution in [0.3, 0.4) is 0 Å². The molecule has 25 heavy (non-hydrogen) atoms. The molecule has 0 aromatic heterocycles. The maximum absolute atomic E-state index is 6.06. The Balaban J connectivity index is 2.10. The van der Waals surface area contributed by atoms with Crippen LogP contribution in [0.2, 0.25) is 5.02 Å². The molecule has 0 bridgehead atoms. The van der Waals surface area contributed by atoms with Crippen molar-refractivity contribution in [1.29, 1.82) is 0 Å². The molecule has 1 fully saturated rings. The molecular weight excluding hydrogens is 356 g/mol. The van der Waals surface area contributed by atoms with Gasteiger partial charge in [-0.15, -0.1) is 0 Å². The van der Waals surface area contributed by atoms with Gasteiger partial charge in [-0.05, 0) is 30.9 Å². The quantitative estimate of drug-likeness (QED) is 0.410. The van der Waals surface area contributed by atoms with Crippen molar-refractivity contribution < 1.29 is 4.74 Å². The van der Waals surface area contributed by atoms with Gasteiger partial charge in [-0.25, -0.2) is 0 Å². The minimum absolute atomic E-state index is 0.233. The van der Waals surface area contributed by atoms with Crippen molar-refractivity contribution in [1.82, 2.24) is 15.5 Å². The predicted octanol–water partition coefficient (Wildman–Crippen LogP) is 2.63. The van der Waals surface area contributed by atoms with E-state index in [2.05, 4.69) is 40.8 Å². The third-order valence-corrected chi connectivity index (χ3v) is 4.97. The minimum atomic E-state index is 0.233. The summed E-state index contributed by atoms with van der Waals surface area (Å²) in [4.78, 5) is 7.28. The predicted molar refractivity (Wildman–Crippen MR) is 109 cm³/mol. The first-order valence-corrected chi connectivity index (χ1v) is 10.6. The SMILES string of the molecule is CCNC(=NCC(c1ccc(Cl)cc1)N1CCOCC1)NCCSC. The number of morpholine rings is 1. The zero-order chi connectivity index (χ0) is 17.9. The van der Waals surface area contributed by atoms with Crippen LogP contribution in [0.15, 0.2) is 29.3 Å². The van der Waals surface area contributed by atoms with E-state index >= 15 is 0 Å². The van der Waals surface area contributed by atoms with Gasteiger partial charge in [0.05, 0.1) is 25.8 Å². The first kappa shape index (κ1) is 20.4. The molecule has 2 N–H and O–H groups in total. The van der Waals surface area contributed by atoms with Crippen molar-refractivity contribution in [3.05, 3.63) is 34.9 Å². The first-order valence-electron chi connectivity index (χ1n) is 8.83. The molecule has 1 atom stereocenters. The summed E-state index contributed by atoms with van der Waals surface area (Å²) in [5, 5.41) is 7.48. The average molecular weight is 385 g/mol. The van der Waals surface area contributed by atoms with E-state index in [1.165, 1.54) is 5.56 Å². The summed E-state index contributed by atoms with van der Waals surface area (Å²) in [5.74, 6) is 1.94. The van der Waals surface area contributed by atoms with E-state index < -0.39 is 0 Å². The summed E-state index contributed by atoms with van der Waals surface area (Å²) in [7, 11) is 0. The van der Waals surface area contributed by atoms with Gasteiger partial charge in [-0.1, -0.05) is 23.7 Å². The van der Waals surface area contributed by atoms with Crippen LogP contribution in [0.1, 0.15) is 18.5 Å². The van der Waals surface area contributed by atoms with Gasteiger partial charge in [0.15, 0.2) is 5.96 Å². The number of hydrogen-bond acceptors (Lipinski definition) is 4. The van der Waals surface area contributed by atoms with Crippen LogP contribution < -0.4 is 10.6 Å². The summed E-state index contributed by atoms with van der Waals surface area (Å²) < 4.78 is 5.51. The maximum atomic E-state index is 6.06. The van der Waals surface area contributed by atoms with E-state index in [4.69, 9.17) is 21.3 Å². The molecule has 1 saturated heterocycles. The second-order valence-corrected chi connectivity index (χ2v) is 7.28. The lowest BCUT2D eigenvalue weighted by molar-refractivity contribution is 0.0180. The van der Waals surface area contributed by atoms with Gasteiger partial charge in [0.1, 0.15) is 0 Å². The van der Waals surface area contributed by atoms with Crippen LogP contribution in [0, 0.1) is 0 Å². The van der Waals surface area contributed by atoms with Crippen LogP contribution in [0.5, 0.6) is 0 Å². The van der Waals surface area contributed by atoms with E-state index in [0.717, 1.165) is 56.1 Å². The lowest BCUT2D eigenvalue weighted by atomic mass is 10.0. The topological polar surface area (TPSA) is 48.9 Å². The highest BCUT2D eigenvalue weighted by Crippen LogP contribution is 2.24. The monoisotopic (exact) mass is 384 g/mol. The highest BCUT2D eigenvalue weighted by atomic mass is 35.5. The lowest BCUT2D eigenvalue weighted by Crippen LogP contribution is -2.42. The summed E-state index contributed by atoms with van der Waals surface area (Å²) in [6, 6.07) is 8.35. The van der Waals surface area contributed by atoms with Crippen molar-refractivity contribution in [2.24, 2.45) is 4.99 Å². The van der Waals surface area contributed by atoms with Gasteiger partial charge in [-0.2, -0.15) is 11.8 Å². The van der Waals surface area contributed by atoms with Crippen molar-refractivity contribution in [3.63, 3.8) is 0 Å². The first-order chi connectivity index (χ1) is 12.2. The third-order valence-electron chi connectivity index (χ3n) is 4.11. The standard InChI is InChI=1S/C18H29ClN4OS/c1-3-20-18(21-8-13-25-2)22-14-17(23-9-11-24-12-10-23)15-4-6-16(19)7-5-15/h4-7,17H,3,8-14H2,1-2H3,(H2,20,21,22).